The van der Waals surface area contributed by atoms with Crippen molar-refractivity contribution in [1.29, 1.82) is 0 Å². The minimum absolute atomic E-state index is 0.0497. The Morgan fingerprint density at radius 2 is 1.92 bits per heavy atom. The number of carbonyl (C=O) groups excluding carboxylic acids is 1. The molecule has 126 valence electrons. The van der Waals surface area contributed by atoms with Crippen molar-refractivity contribution in [2.24, 2.45) is 0 Å². The Morgan fingerprint density at radius 1 is 1.16 bits per heavy atom. The lowest BCUT2D eigenvalue weighted by atomic mass is 9.97. The van der Waals surface area contributed by atoms with Crippen LogP contribution in [0.15, 0.2) is 73.3 Å². The zero-order chi connectivity index (χ0) is 17.8. The summed E-state index contributed by atoms with van der Waals surface area (Å²) in [5, 5.41) is 0.822. The van der Waals surface area contributed by atoms with Crippen molar-refractivity contribution < 1.29 is 4.79 Å². The summed E-state index contributed by atoms with van der Waals surface area (Å²) in [7, 11) is 0. The zero-order valence-electron chi connectivity index (χ0n) is 13.6. The first-order valence-corrected chi connectivity index (χ1v) is 8.56. The highest BCUT2D eigenvalue weighted by molar-refractivity contribution is 6.39. The van der Waals surface area contributed by atoms with Crippen LogP contribution in [0.4, 0.5) is 0 Å². The molecular weight excluding hydrogens is 355 g/mol. The van der Waals surface area contributed by atoms with Gasteiger partial charge in [-0.1, -0.05) is 60.5 Å². The van der Waals surface area contributed by atoms with Gasteiger partial charge in [-0.2, -0.15) is 0 Å². The van der Waals surface area contributed by atoms with Crippen LogP contribution in [0.3, 0.4) is 0 Å². The fraction of sp³-hybridized carbons (Fsp3) is 0.100. The predicted octanol–water partition coefficient (Wildman–Crippen LogP) is 5.72. The molecule has 0 radical (unpaired) electrons. The summed E-state index contributed by atoms with van der Waals surface area (Å²) in [6.45, 7) is 2.04. The number of carbonyl (C=O) groups is 1. The smallest absolute Gasteiger partial charge is 0.210 e. The molecule has 3 nitrogen and oxygen atoms in total. The third kappa shape index (κ3) is 4.01. The Balaban J connectivity index is 2.04. The topological polar surface area (TPSA) is 34.9 Å². The summed E-state index contributed by atoms with van der Waals surface area (Å²) in [5.74, 6) is -0.129. The van der Waals surface area contributed by atoms with Crippen LogP contribution < -0.4 is 0 Å². The van der Waals surface area contributed by atoms with Gasteiger partial charge in [-0.3, -0.25) is 4.79 Å². The van der Waals surface area contributed by atoms with E-state index in [0.29, 0.717) is 21.3 Å². The molecule has 0 fully saturated rings. The fourth-order valence-electron chi connectivity index (χ4n) is 2.58. The van der Waals surface area contributed by atoms with Gasteiger partial charge in [0.2, 0.25) is 5.78 Å². The van der Waals surface area contributed by atoms with Crippen molar-refractivity contribution in [2.45, 2.75) is 12.8 Å². The van der Waals surface area contributed by atoms with E-state index in [1.807, 2.05) is 43.3 Å². The first kappa shape index (κ1) is 17.5. The Bertz CT molecular complexity index is 903. The molecule has 0 N–H and O–H groups in total. The van der Waals surface area contributed by atoms with Crippen LogP contribution in [0, 0.1) is 0 Å². The molecule has 1 atom stereocenters. The number of halogens is 2. The Kier molecular flexibility index (Phi) is 5.37. The maximum Gasteiger partial charge on any atom is 0.210 e. The van der Waals surface area contributed by atoms with Gasteiger partial charge < -0.3 is 4.57 Å². The minimum Gasteiger partial charge on any atom is -0.303 e. The van der Waals surface area contributed by atoms with Gasteiger partial charge in [-0.15, -0.1) is 0 Å². The molecule has 1 unspecified atom stereocenters. The molecule has 3 rings (SSSR count). The van der Waals surface area contributed by atoms with Gasteiger partial charge in [-0.05, 0) is 29.8 Å². The van der Waals surface area contributed by atoms with Gasteiger partial charge in [0, 0.05) is 28.9 Å². The SMILES string of the molecule is CC(C=C(C(=O)c1ccc(Cl)cc1Cl)n1ccnc1)c1ccccc1. The molecular formula is C20H16Cl2N2O. The third-order valence-electron chi connectivity index (χ3n) is 3.92. The van der Waals surface area contributed by atoms with Gasteiger partial charge >= 0.3 is 0 Å². The monoisotopic (exact) mass is 370 g/mol. The number of benzene rings is 2. The molecule has 5 heteroatoms. The first-order valence-electron chi connectivity index (χ1n) is 7.81. The number of nitrogens with zero attached hydrogens (tertiary/aromatic N) is 2. The van der Waals surface area contributed by atoms with E-state index in [9.17, 15) is 4.79 Å². The average molecular weight is 371 g/mol. The highest BCUT2D eigenvalue weighted by atomic mass is 35.5. The molecule has 1 heterocycles. The van der Waals surface area contributed by atoms with E-state index in [2.05, 4.69) is 4.98 Å². The van der Waals surface area contributed by atoms with Crippen LogP contribution in [-0.2, 0) is 0 Å². The van der Waals surface area contributed by atoms with Crippen molar-refractivity contribution in [3.05, 3.63) is 94.5 Å². The number of allylic oxidation sites excluding steroid dienone is 2. The molecule has 0 amide bonds. The maximum atomic E-state index is 13.1. The quantitative estimate of drug-likeness (QED) is 0.425. The van der Waals surface area contributed by atoms with E-state index in [1.165, 1.54) is 0 Å². The van der Waals surface area contributed by atoms with Crippen LogP contribution in [-0.4, -0.2) is 15.3 Å². The van der Waals surface area contributed by atoms with E-state index in [-0.39, 0.29) is 11.7 Å². The Hall–Kier alpha value is -2.36. The summed E-state index contributed by atoms with van der Waals surface area (Å²) in [5.41, 5.74) is 2.03. The second-order valence-electron chi connectivity index (χ2n) is 5.67. The van der Waals surface area contributed by atoms with Gasteiger partial charge in [0.1, 0.15) is 0 Å². The summed E-state index contributed by atoms with van der Waals surface area (Å²) in [4.78, 5) is 17.1. The third-order valence-corrected chi connectivity index (χ3v) is 4.47. The van der Waals surface area contributed by atoms with E-state index >= 15 is 0 Å². The van der Waals surface area contributed by atoms with Gasteiger partial charge in [-0.25, -0.2) is 4.98 Å². The fourth-order valence-corrected chi connectivity index (χ4v) is 3.08. The first-order chi connectivity index (χ1) is 12.1. The van der Waals surface area contributed by atoms with Crippen LogP contribution in [0.25, 0.3) is 5.70 Å². The number of aromatic nitrogens is 2. The van der Waals surface area contributed by atoms with Gasteiger partial charge in [0.05, 0.1) is 17.0 Å². The lowest BCUT2D eigenvalue weighted by Gasteiger charge is -2.13. The van der Waals surface area contributed by atoms with Crippen molar-refractivity contribution in [3.63, 3.8) is 0 Å². The minimum atomic E-state index is -0.178. The van der Waals surface area contributed by atoms with E-state index in [4.69, 9.17) is 23.2 Å². The van der Waals surface area contributed by atoms with Crippen molar-refractivity contribution in [2.75, 3.05) is 0 Å². The largest absolute Gasteiger partial charge is 0.303 e. The molecule has 0 bridgehead atoms. The summed E-state index contributed by atoms with van der Waals surface area (Å²) in [6.07, 6.45) is 6.90. The highest BCUT2D eigenvalue weighted by Crippen LogP contribution is 2.27. The number of Topliss-reactive ketones (excluding diaryl/α,β-unsaturated/α-hetero) is 1. The maximum absolute atomic E-state index is 13.1. The van der Waals surface area contributed by atoms with Crippen LogP contribution >= 0.6 is 23.2 Å². The van der Waals surface area contributed by atoms with Crippen LogP contribution in [0.1, 0.15) is 28.8 Å². The highest BCUT2D eigenvalue weighted by Gasteiger charge is 2.18. The molecule has 0 aliphatic rings. The molecule has 1 aromatic heterocycles. The molecule has 0 saturated carbocycles. The standard InChI is InChI=1S/C20H16Cl2N2O/c1-14(15-5-3-2-4-6-15)11-19(24-10-9-23-13-24)20(25)17-8-7-16(21)12-18(17)22/h2-14H,1H3. The van der Waals surface area contributed by atoms with Crippen molar-refractivity contribution in [3.8, 4) is 0 Å². The Labute approximate surface area is 156 Å². The molecule has 3 aromatic rings. The molecule has 25 heavy (non-hydrogen) atoms. The lowest BCUT2D eigenvalue weighted by molar-refractivity contribution is 0.105. The van der Waals surface area contributed by atoms with Crippen molar-refractivity contribution in [1.82, 2.24) is 9.55 Å². The molecule has 0 spiro atoms. The number of hydrogen-bond acceptors (Lipinski definition) is 2. The van der Waals surface area contributed by atoms with E-state index < -0.39 is 0 Å². The van der Waals surface area contributed by atoms with Crippen LogP contribution in [0.5, 0.6) is 0 Å². The number of imidazole rings is 1. The van der Waals surface area contributed by atoms with Crippen molar-refractivity contribution >= 4 is 34.7 Å². The van der Waals surface area contributed by atoms with Gasteiger partial charge in [0.25, 0.3) is 0 Å². The summed E-state index contributed by atoms with van der Waals surface area (Å²) >= 11 is 12.2. The molecule has 0 saturated heterocycles. The number of ketones is 1. The normalized spacial score (nSPS) is 12.8. The van der Waals surface area contributed by atoms with E-state index in [0.717, 1.165) is 5.56 Å². The molecule has 2 aromatic carbocycles. The van der Waals surface area contributed by atoms with Crippen LogP contribution in [0.2, 0.25) is 10.0 Å². The Morgan fingerprint density at radius 3 is 2.56 bits per heavy atom. The molecule has 0 aliphatic carbocycles. The predicted molar refractivity (Wildman–Crippen MR) is 102 cm³/mol. The zero-order valence-corrected chi connectivity index (χ0v) is 15.1. The lowest BCUT2D eigenvalue weighted by Crippen LogP contribution is -2.10. The summed E-state index contributed by atoms with van der Waals surface area (Å²) < 4.78 is 1.70. The number of hydrogen-bond donors (Lipinski definition) is 0. The van der Waals surface area contributed by atoms with E-state index in [1.54, 1.807) is 41.5 Å². The molecule has 0 aliphatic heterocycles. The second-order valence-corrected chi connectivity index (χ2v) is 6.52. The van der Waals surface area contributed by atoms with Gasteiger partial charge in [0.15, 0.2) is 0 Å². The second kappa shape index (κ2) is 7.68. The number of rotatable bonds is 5. The summed E-state index contributed by atoms with van der Waals surface area (Å²) in [6, 6.07) is 14.9. The average Bonchev–Trinajstić information content (AvgIpc) is 3.14.